The summed E-state index contributed by atoms with van der Waals surface area (Å²) in [4.78, 5) is 38.2. The van der Waals surface area contributed by atoms with Crippen molar-refractivity contribution in [3.8, 4) is 11.1 Å². The van der Waals surface area contributed by atoms with E-state index in [1.54, 1.807) is 20.8 Å². The number of benzene rings is 2. The Kier molecular flexibility index (Phi) is 5.26. The van der Waals surface area contributed by atoms with Crippen LogP contribution in [0.2, 0.25) is 0 Å². The standard InChI is InChI=1S/C26H28N2O6/c1-26(2,3)34-25(32)28-12-18-20(22(28)23(29)30)21(18)27-24(31)33-13-19-16-10-6-4-8-14(16)15-9-5-7-11-17(15)19/h4-11,18-22H,12-13H2,1-3H3,(H,27,31)(H,29,30)/t18-,20+,21+,22-/m1/s1. The van der Waals surface area contributed by atoms with E-state index in [9.17, 15) is 19.5 Å². The molecule has 178 valence electrons. The van der Waals surface area contributed by atoms with E-state index in [0.717, 1.165) is 22.3 Å². The molecular weight excluding hydrogens is 436 g/mol. The molecule has 2 aromatic rings. The van der Waals surface area contributed by atoms with Gasteiger partial charge in [0.25, 0.3) is 0 Å². The van der Waals surface area contributed by atoms with Gasteiger partial charge in [-0.05, 0) is 43.0 Å². The van der Waals surface area contributed by atoms with E-state index in [0.29, 0.717) is 0 Å². The molecule has 4 atom stereocenters. The highest BCUT2D eigenvalue weighted by molar-refractivity contribution is 5.83. The number of carboxylic acid groups (broad SMARTS) is 1. The predicted molar refractivity (Wildman–Crippen MR) is 123 cm³/mol. The highest BCUT2D eigenvalue weighted by Crippen LogP contribution is 2.50. The summed E-state index contributed by atoms with van der Waals surface area (Å²) in [5.74, 6) is -1.64. The fourth-order valence-electron chi connectivity index (χ4n) is 5.40. The molecule has 1 saturated carbocycles. The average molecular weight is 465 g/mol. The maximum Gasteiger partial charge on any atom is 0.411 e. The van der Waals surface area contributed by atoms with Crippen LogP contribution in [-0.4, -0.2) is 59.0 Å². The van der Waals surface area contributed by atoms with Gasteiger partial charge in [0.15, 0.2) is 0 Å². The zero-order chi connectivity index (χ0) is 24.2. The van der Waals surface area contributed by atoms with Crippen LogP contribution in [-0.2, 0) is 14.3 Å². The molecule has 34 heavy (non-hydrogen) atoms. The van der Waals surface area contributed by atoms with Crippen LogP contribution in [0.15, 0.2) is 48.5 Å². The smallest absolute Gasteiger partial charge is 0.411 e. The topological polar surface area (TPSA) is 105 Å². The number of alkyl carbamates (subject to hydrolysis) is 1. The maximum absolute atomic E-state index is 12.6. The minimum absolute atomic E-state index is 0.0497. The molecule has 2 aliphatic carbocycles. The van der Waals surface area contributed by atoms with Crippen LogP contribution in [0.5, 0.6) is 0 Å². The lowest BCUT2D eigenvalue weighted by molar-refractivity contribution is -0.143. The van der Waals surface area contributed by atoms with Crippen LogP contribution in [0.25, 0.3) is 11.1 Å². The SMILES string of the molecule is CC(C)(C)OC(=O)N1C[C@H]2[C@H](NC(=O)OCC3c4ccccc4-c4ccccc43)[C@H]2[C@@H]1C(=O)O. The minimum Gasteiger partial charge on any atom is -0.480 e. The van der Waals surface area contributed by atoms with E-state index < -0.39 is 29.8 Å². The van der Waals surface area contributed by atoms with Crippen LogP contribution in [0.4, 0.5) is 9.59 Å². The quantitative estimate of drug-likeness (QED) is 0.712. The van der Waals surface area contributed by atoms with E-state index in [2.05, 4.69) is 29.6 Å². The Morgan fingerprint density at radius 1 is 1.03 bits per heavy atom. The molecule has 1 heterocycles. The number of ether oxygens (including phenoxy) is 2. The molecule has 3 aliphatic rings. The molecule has 1 aliphatic heterocycles. The minimum atomic E-state index is -1.10. The second-order valence-corrected chi connectivity index (χ2v) is 10.2. The van der Waals surface area contributed by atoms with Crippen molar-refractivity contribution in [3.63, 3.8) is 0 Å². The monoisotopic (exact) mass is 464 g/mol. The summed E-state index contributed by atoms with van der Waals surface area (Å²) < 4.78 is 10.9. The maximum atomic E-state index is 12.6. The molecule has 2 N–H and O–H groups in total. The number of nitrogens with zero attached hydrogens (tertiary/aromatic N) is 1. The number of nitrogens with one attached hydrogen (secondary N) is 1. The Bertz CT molecular complexity index is 1110. The van der Waals surface area contributed by atoms with Crippen molar-refractivity contribution in [1.82, 2.24) is 10.2 Å². The summed E-state index contributed by atoms with van der Waals surface area (Å²) in [6, 6.07) is 14.8. The van der Waals surface area contributed by atoms with Gasteiger partial charge in [0.05, 0.1) is 0 Å². The normalized spacial score (nSPS) is 24.6. The lowest BCUT2D eigenvalue weighted by Gasteiger charge is -2.29. The number of hydrogen-bond acceptors (Lipinski definition) is 5. The van der Waals surface area contributed by atoms with Crippen molar-refractivity contribution in [2.75, 3.05) is 13.2 Å². The lowest BCUT2D eigenvalue weighted by atomic mass is 9.98. The molecule has 0 bridgehead atoms. The Hall–Kier alpha value is -3.55. The van der Waals surface area contributed by atoms with Gasteiger partial charge in [-0.25, -0.2) is 14.4 Å². The summed E-state index contributed by atoms with van der Waals surface area (Å²) in [7, 11) is 0. The van der Waals surface area contributed by atoms with Gasteiger partial charge in [0.2, 0.25) is 0 Å². The van der Waals surface area contributed by atoms with Crippen molar-refractivity contribution in [2.24, 2.45) is 11.8 Å². The number of carbonyl (C=O) groups is 3. The van der Waals surface area contributed by atoms with Crippen LogP contribution < -0.4 is 5.32 Å². The first-order chi connectivity index (χ1) is 16.2. The summed E-state index contributed by atoms with van der Waals surface area (Å²) >= 11 is 0. The zero-order valence-electron chi connectivity index (χ0n) is 19.4. The van der Waals surface area contributed by atoms with Gasteiger partial charge in [-0.3, -0.25) is 4.90 Å². The molecule has 0 spiro atoms. The van der Waals surface area contributed by atoms with Gasteiger partial charge >= 0.3 is 18.2 Å². The largest absolute Gasteiger partial charge is 0.480 e. The zero-order valence-corrected chi connectivity index (χ0v) is 19.4. The third kappa shape index (κ3) is 3.87. The van der Waals surface area contributed by atoms with Gasteiger partial charge in [-0.2, -0.15) is 0 Å². The Morgan fingerprint density at radius 3 is 2.18 bits per heavy atom. The summed E-state index contributed by atoms with van der Waals surface area (Å²) in [6.45, 7) is 5.62. The van der Waals surface area contributed by atoms with E-state index in [4.69, 9.17) is 9.47 Å². The van der Waals surface area contributed by atoms with Crippen molar-refractivity contribution in [2.45, 2.75) is 44.4 Å². The van der Waals surface area contributed by atoms with Crippen LogP contribution in [0, 0.1) is 11.8 Å². The number of piperidine rings is 1. The van der Waals surface area contributed by atoms with Crippen LogP contribution in [0.1, 0.15) is 37.8 Å². The summed E-state index contributed by atoms with van der Waals surface area (Å²) in [5.41, 5.74) is 3.83. The number of amides is 2. The molecule has 5 rings (SSSR count). The Balaban J connectivity index is 1.20. The molecule has 0 aromatic heterocycles. The first kappa shape index (κ1) is 22.3. The second-order valence-electron chi connectivity index (χ2n) is 10.2. The molecule has 2 fully saturated rings. The van der Waals surface area contributed by atoms with Crippen LogP contribution >= 0.6 is 0 Å². The Morgan fingerprint density at radius 2 is 1.62 bits per heavy atom. The fraction of sp³-hybridized carbons (Fsp3) is 0.423. The molecule has 8 heteroatoms. The Labute approximate surface area is 197 Å². The van der Waals surface area contributed by atoms with E-state index in [1.807, 2.05) is 24.3 Å². The predicted octanol–water partition coefficient (Wildman–Crippen LogP) is 3.84. The fourth-order valence-corrected chi connectivity index (χ4v) is 5.40. The molecular formula is C26H28N2O6. The number of likely N-dealkylation sites (tertiary alicyclic amines) is 1. The number of carbonyl (C=O) groups excluding carboxylic acids is 2. The van der Waals surface area contributed by atoms with Crippen molar-refractivity contribution in [1.29, 1.82) is 0 Å². The molecule has 0 radical (unpaired) electrons. The average Bonchev–Trinajstić information content (AvgIpc) is 3.14. The van der Waals surface area contributed by atoms with Gasteiger partial charge in [0.1, 0.15) is 18.2 Å². The van der Waals surface area contributed by atoms with Crippen molar-refractivity contribution < 1.29 is 29.0 Å². The van der Waals surface area contributed by atoms with E-state index >= 15 is 0 Å². The number of fused-ring (bicyclic) bond motifs is 4. The summed E-state index contributed by atoms with van der Waals surface area (Å²) in [5, 5.41) is 12.5. The van der Waals surface area contributed by atoms with Crippen LogP contribution in [0.3, 0.4) is 0 Å². The first-order valence-corrected chi connectivity index (χ1v) is 11.5. The van der Waals surface area contributed by atoms with Crippen molar-refractivity contribution >= 4 is 18.2 Å². The van der Waals surface area contributed by atoms with Gasteiger partial charge in [-0.1, -0.05) is 48.5 Å². The summed E-state index contributed by atoms with van der Waals surface area (Å²) in [6.07, 6.45) is -1.22. The van der Waals surface area contributed by atoms with Gasteiger partial charge in [-0.15, -0.1) is 0 Å². The number of carboxylic acids is 1. The lowest BCUT2D eigenvalue weighted by Crippen LogP contribution is -2.48. The third-order valence-electron chi connectivity index (χ3n) is 6.85. The number of rotatable bonds is 4. The third-order valence-corrected chi connectivity index (χ3v) is 6.85. The van der Waals surface area contributed by atoms with Gasteiger partial charge < -0.3 is 19.9 Å². The molecule has 1 saturated heterocycles. The van der Waals surface area contributed by atoms with Crippen molar-refractivity contribution in [3.05, 3.63) is 59.7 Å². The number of aliphatic carboxylic acids is 1. The molecule has 2 aromatic carbocycles. The number of hydrogen-bond donors (Lipinski definition) is 2. The van der Waals surface area contributed by atoms with Gasteiger partial charge in [0, 0.05) is 30.3 Å². The second kappa shape index (κ2) is 8.04. The molecule has 0 unspecified atom stereocenters. The first-order valence-electron chi connectivity index (χ1n) is 11.5. The van der Waals surface area contributed by atoms with E-state index in [1.165, 1.54) is 4.90 Å². The molecule has 2 amide bonds. The molecule has 8 nitrogen and oxygen atoms in total. The van der Waals surface area contributed by atoms with E-state index in [-0.39, 0.29) is 36.9 Å². The highest BCUT2D eigenvalue weighted by atomic mass is 16.6. The highest BCUT2D eigenvalue weighted by Gasteiger charge is 2.66.